The Morgan fingerprint density at radius 2 is 1.54 bits per heavy atom. The summed E-state index contributed by atoms with van der Waals surface area (Å²) in [5.74, 6) is 0.416. The molecule has 0 radical (unpaired) electrons. The van der Waals surface area contributed by atoms with Crippen molar-refractivity contribution in [2.45, 2.75) is 55.0 Å². The molecule has 0 spiro atoms. The van der Waals surface area contributed by atoms with E-state index < -0.39 is 0 Å². The van der Waals surface area contributed by atoms with Crippen LogP contribution in [-0.4, -0.2) is 5.91 Å². The number of carbonyl (C=O) groups excluding carboxylic acids is 1. The normalized spacial score (nSPS) is 16.8. The smallest absolute Gasteiger partial charge is 0.252 e. The minimum absolute atomic E-state index is 0.000427. The van der Waals surface area contributed by atoms with Crippen molar-refractivity contribution in [3.63, 3.8) is 0 Å². The van der Waals surface area contributed by atoms with Gasteiger partial charge < -0.3 is 5.32 Å². The second-order valence-corrected chi connectivity index (χ2v) is 8.18. The molecule has 2 aromatic carbocycles. The molecular weight excluding hydrogens is 342 g/mol. The summed E-state index contributed by atoms with van der Waals surface area (Å²) in [7, 11) is 0. The van der Waals surface area contributed by atoms with Gasteiger partial charge in [-0.25, -0.2) is 0 Å². The van der Waals surface area contributed by atoms with Crippen molar-refractivity contribution in [1.82, 2.24) is 5.32 Å². The summed E-state index contributed by atoms with van der Waals surface area (Å²) in [5.41, 5.74) is 12.1. The number of hydrogen-bond donors (Lipinski definition) is 1. The topological polar surface area (TPSA) is 29.1 Å². The predicted molar refractivity (Wildman–Crippen MR) is 118 cm³/mol. The van der Waals surface area contributed by atoms with E-state index in [-0.39, 0.29) is 5.91 Å². The zero-order valence-electron chi connectivity index (χ0n) is 18.2. The minimum atomic E-state index is 0.000427. The van der Waals surface area contributed by atoms with E-state index in [0.29, 0.717) is 12.5 Å². The van der Waals surface area contributed by atoms with Crippen molar-refractivity contribution in [2.75, 3.05) is 0 Å². The van der Waals surface area contributed by atoms with E-state index >= 15 is 0 Å². The molecule has 28 heavy (non-hydrogen) atoms. The second-order valence-electron chi connectivity index (χ2n) is 8.18. The molecule has 0 aromatic heterocycles. The number of aryl methyl sites for hydroxylation is 3. The first-order valence-electron chi connectivity index (χ1n) is 10.0. The standard InChI is InChI=1S/C26H31NO/c1-15-12-16(2)24(17(3)13-15)26(28)27-14-22-10-8-9-11-23(22)25-20(6)18(4)19(5)21(25)7/h8-13,20H,14H2,1-7H3,(H,27,28). The van der Waals surface area contributed by atoms with Crippen LogP contribution in [0.5, 0.6) is 0 Å². The van der Waals surface area contributed by atoms with Crippen molar-refractivity contribution in [2.24, 2.45) is 5.92 Å². The van der Waals surface area contributed by atoms with Gasteiger partial charge in [-0.2, -0.15) is 0 Å². The molecule has 0 saturated carbocycles. The molecule has 2 heteroatoms. The highest BCUT2D eigenvalue weighted by molar-refractivity contribution is 5.97. The molecule has 2 nitrogen and oxygen atoms in total. The maximum Gasteiger partial charge on any atom is 0.252 e. The molecule has 0 heterocycles. The highest BCUT2D eigenvalue weighted by Crippen LogP contribution is 2.43. The van der Waals surface area contributed by atoms with E-state index in [9.17, 15) is 4.79 Å². The lowest BCUT2D eigenvalue weighted by atomic mass is 9.89. The van der Waals surface area contributed by atoms with E-state index in [1.807, 2.05) is 13.8 Å². The van der Waals surface area contributed by atoms with Crippen LogP contribution in [0.2, 0.25) is 0 Å². The number of nitrogens with one attached hydrogen (secondary N) is 1. The van der Waals surface area contributed by atoms with Crippen LogP contribution < -0.4 is 5.32 Å². The highest BCUT2D eigenvalue weighted by Gasteiger charge is 2.26. The van der Waals surface area contributed by atoms with Gasteiger partial charge in [0.1, 0.15) is 0 Å². The van der Waals surface area contributed by atoms with Gasteiger partial charge in [0.15, 0.2) is 0 Å². The second kappa shape index (κ2) is 7.79. The number of amides is 1. The molecule has 1 amide bonds. The van der Waals surface area contributed by atoms with Gasteiger partial charge in [-0.15, -0.1) is 0 Å². The van der Waals surface area contributed by atoms with Crippen LogP contribution in [0.1, 0.15) is 65.9 Å². The van der Waals surface area contributed by atoms with E-state index in [0.717, 1.165) is 16.7 Å². The van der Waals surface area contributed by atoms with Crippen LogP contribution in [0.25, 0.3) is 5.57 Å². The van der Waals surface area contributed by atoms with Crippen LogP contribution in [0, 0.1) is 26.7 Å². The van der Waals surface area contributed by atoms with Crippen molar-refractivity contribution in [3.05, 3.63) is 86.5 Å². The minimum Gasteiger partial charge on any atom is -0.348 e. The number of benzene rings is 2. The molecule has 0 fully saturated rings. The maximum absolute atomic E-state index is 12.9. The number of rotatable bonds is 4. The van der Waals surface area contributed by atoms with E-state index in [2.05, 4.69) is 76.3 Å². The van der Waals surface area contributed by atoms with Crippen LogP contribution in [0.3, 0.4) is 0 Å². The summed E-state index contributed by atoms with van der Waals surface area (Å²) in [6, 6.07) is 12.6. The van der Waals surface area contributed by atoms with Crippen molar-refractivity contribution in [3.8, 4) is 0 Å². The molecule has 1 aliphatic carbocycles. The molecule has 146 valence electrons. The predicted octanol–water partition coefficient (Wildman–Crippen LogP) is 6.30. The largest absolute Gasteiger partial charge is 0.348 e. The molecule has 0 aliphatic heterocycles. The zero-order valence-corrected chi connectivity index (χ0v) is 18.2. The summed E-state index contributed by atoms with van der Waals surface area (Å²) >= 11 is 0. The lowest BCUT2D eigenvalue weighted by molar-refractivity contribution is 0.0949. The third-order valence-electron chi connectivity index (χ3n) is 6.29. The van der Waals surface area contributed by atoms with E-state index in [1.165, 1.54) is 39.0 Å². The fourth-order valence-corrected chi connectivity index (χ4v) is 4.54. The average molecular weight is 374 g/mol. The van der Waals surface area contributed by atoms with Gasteiger partial charge in [0.2, 0.25) is 0 Å². The van der Waals surface area contributed by atoms with Gasteiger partial charge in [0, 0.05) is 18.0 Å². The van der Waals surface area contributed by atoms with Crippen molar-refractivity contribution >= 4 is 11.5 Å². The Hall–Kier alpha value is -2.61. The van der Waals surface area contributed by atoms with Crippen LogP contribution >= 0.6 is 0 Å². The number of hydrogen-bond acceptors (Lipinski definition) is 1. The van der Waals surface area contributed by atoms with Crippen LogP contribution in [0.4, 0.5) is 0 Å². The lowest BCUT2D eigenvalue weighted by Gasteiger charge is -2.18. The first-order chi connectivity index (χ1) is 13.2. The van der Waals surface area contributed by atoms with Crippen molar-refractivity contribution < 1.29 is 4.79 Å². The monoisotopic (exact) mass is 373 g/mol. The fraction of sp³-hybridized carbons (Fsp3) is 0.346. The van der Waals surface area contributed by atoms with Gasteiger partial charge in [0.25, 0.3) is 5.91 Å². The number of allylic oxidation sites excluding steroid dienone is 4. The highest BCUT2D eigenvalue weighted by atomic mass is 16.1. The summed E-state index contributed by atoms with van der Waals surface area (Å²) in [6.07, 6.45) is 0. The third-order valence-corrected chi connectivity index (χ3v) is 6.29. The molecule has 0 saturated heterocycles. The van der Waals surface area contributed by atoms with E-state index in [4.69, 9.17) is 0 Å². The van der Waals surface area contributed by atoms with E-state index in [1.54, 1.807) is 0 Å². The molecule has 1 atom stereocenters. The Bertz CT molecular complexity index is 984. The Morgan fingerprint density at radius 1 is 0.929 bits per heavy atom. The van der Waals surface area contributed by atoms with Crippen LogP contribution in [-0.2, 0) is 6.54 Å². The molecule has 1 unspecified atom stereocenters. The molecular formula is C26H31NO. The maximum atomic E-state index is 12.9. The van der Waals surface area contributed by atoms with Gasteiger partial charge in [-0.3, -0.25) is 4.79 Å². The zero-order chi connectivity index (χ0) is 20.6. The summed E-state index contributed by atoms with van der Waals surface area (Å²) in [5, 5.41) is 3.16. The van der Waals surface area contributed by atoms with Gasteiger partial charge in [-0.1, -0.05) is 54.5 Å². The van der Waals surface area contributed by atoms with Crippen molar-refractivity contribution in [1.29, 1.82) is 0 Å². The Balaban J connectivity index is 1.88. The van der Waals surface area contributed by atoms with Gasteiger partial charge in [0.05, 0.1) is 0 Å². The molecule has 1 aliphatic rings. The first kappa shape index (κ1) is 20.1. The Kier molecular flexibility index (Phi) is 5.60. The summed E-state index contributed by atoms with van der Waals surface area (Å²) in [6.45, 7) is 15.5. The molecule has 1 N–H and O–H groups in total. The lowest BCUT2D eigenvalue weighted by Crippen LogP contribution is -2.25. The average Bonchev–Trinajstić information content (AvgIpc) is 2.82. The molecule has 2 aromatic rings. The molecule has 3 rings (SSSR count). The van der Waals surface area contributed by atoms with Crippen LogP contribution in [0.15, 0.2) is 53.1 Å². The quantitative estimate of drug-likeness (QED) is 0.669. The summed E-state index contributed by atoms with van der Waals surface area (Å²) < 4.78 is 0. The fourth-order valence-electron chi connectivity index (χ4n) is 4.54. The number of carbonyl (C=O) groups is 1. The summed E-state index contributed by atoms with van der Waals surface area (Å²) in [4.78, 5) is 12.9. The van der Waals surface area contributed by atoms with Gasteiger partial charge in [-0.05, 0) is 80.5 Å². The van der Waals surface area contributed by atoms with Gasteiger partial charge >= 0.3 is 0 Å². The Morgan fingerprint density at radius 3 is 2.11 bits per heavy atom. The Labute approximate surface area is 169 Å². The first-order valence-corrected chi connectivity index (χ1v) is 10.0. The SMILES string of the molecule is CC1=C(C)C(C)C(c2ccccc2CNC(=O)c2c(C)cc(C)cc2C)=C1C. The molecule has 0 bridgehead atoms. The third kappa shape index (κ3) is 3.56.